The van der Waals surface area contributed by atoms with Crippen molar-refractivity contribution in [1.29, 1.82) is 0 Å². The molecule has 0 saturated carbocycles. The van der Waals surface area contributed by atoms with Gasteiger partial charge < -0.3 is 19.5 Å². The lowest BCUT2D eigenvalue weighted by atomic mass is 10.1. The maximum atomic E-state index is 14.2. The topological polar surface area (TPSA) is 116 Å². The highest BCUT2D eigenvalue weighted by Crippen LogP contribution is 2.35. The Kier molecular flexibility index (Phi) is 6.53. The zero-order chi connectivity index (χ0) is 27.1. The van der Waals surface area contributed by atoms with Gasteiger partial charge >= 0.3 is 0 Å². The van der Waals surface area contributed by atoms with Crippen molar-refractivity contribution >= 4 is 32.7 Å². The summed E-state index contributed by atoms with van der Waals surface area (Å²) in [6.45, 7) is 2.68. The molecule has 2 fully saturated rings. The summed E-state index contributed by atoms with van der Waals surface area (Å²) in [5, 5.41) is 7.43. The molecule has 0 aliphatic carbocycles. The van der Waals surface area contributed by atoms with Gasteiger partial charge in [0.15, 0.2) is 11.9 Å². The first kappa shape index (κ1) is 25.4. The Labute approximate surface area is 224 Å². The third kappa shape index (κ3) is 4.86. The first-order valence-electron chi connectivity index (χ1n) is 12.4. The van der Waals surface area contributed by atoms with Crippen LogP contribution in [0, 0.1) is 12.7 Å². The predicted molar refractivity (Wildman–Crippen MR) is 141 cm³/mol. The van der Waals surface area contributed by atoms with Gasteiger partial charge in [0.2, 0.25) is 0 Å². The van der Waals surface area contributed by atoms with Gasteiger partial charge in [-0.05, 0) is 43.2 Å². The van der Waals surface area contributed by atoms with E-state index in [1.165, 1.54) is 35.4 Å². The van der Waals surface area contributed by atoms with Crippen molar-refractivity contribution < 1.29 is 27.6 Å². The van der Waals surface area contributed by atoms with E-state index in [0.29, 0.717) is 40.7 Å². The van der Waals surface area contributed by atoms with Crippen LogP contribution in [0.3, 0.4) is 0 Å². The van der Waals surface area contributed by atoms with E-state index < -0.39 is 21.5 Å². The van der Waals surface area contributed by atoms with E-state index in [1.807, 2.05) is 0 Å². The van der Waals surface area contributed by atoms with Crippen LogP contribution in [-0.2, 0) is 19.2 Å². The largest absolute Gasteiger partial charge is 0.483 e. The summed E-state index contributed by atoms with van der Waals surface area (Å²) < 4.78 is 50.6. The fourth-order valence-electron chi connectivity index (χ4n) is 4.92. The van der Waals surface area contributed by atoms with Crippen molar-refractivity contribution in [2.75, 3.05) is 24.8 Å². The Morgan fingerprint density at radius 2 is 2.05 bits per heavy atom. The highest BCUT2D eigenvalue weighted by atomic mass is 32.2. The number of anilines is 2. The molecule has 2 saturated heterocycles. The first-order chi connectivity index (χ1) is 18.8. The number of nitrogens with one attached hydrogen (secondary N) is 1. The number of rotatable bonds is 6. The predicted octanol–water partition coefficient (Wildman–Crippen LogP) is 4.15. The highest BCUT2D eigenvalue weighted by Gasteiger charge is 2.43. The number of aromatic nitrogens is 3. The average Bonchev–Trinajstić information content (AvgIpc) is 3.62. The summed E-state index contributed by atoms with van der Waals surface area (Å²) in [5.74, 6) is -0.434. The second-order valence-corrected chi connectivity index (χ2v) is 11.8. The molecule has 4 aromatic rings. The Morgan fingerprint density at radius 1 is 1.23 bits per heavy atom. The molecule has 0 bridgehead atoms. The van der Waals surface area contributed by atoms with Gasteiger partial charge in [-0.1, -0.05) is 18.2 Å². The molecule has 202 valence electrons. The summed E-state index contributed by atoms with van der Waals surface area (Å²) >= 11 is 0. The number of halogens is 1. The molecule has 2 aliphatic rings. The van der Waals surface area contributed by atoms with Crippen molar-refractivity contribution in [2.24, 2.45) is 4.36 Å². The molecule has 1 amide bonds. The Balaban J connectivity index is 1.33. The molecule has 0 radical (unpaired) electrons. The number of hydrogen-bond donors (Lipinski definition) is 1. The normalized spacial score (nSPS) is 21.9. The number of ether oxygens (including phenoxy) is 3. The van der Waals surface area contributed by atoms with E-state index in [9.17, 15) is 13.4 Å². The van der Waals surface area contributed by atoms with E-state index in [4.69, 9.17) is 14.2 Å². The number of carbonyl (C=O) groups is 1. The molecular formula is C27H26FN5O5S. The van der Waals surface area contributed by atoms with Crippen molar-refractivity contribution in [3.63, 3.8) is 0 Å². The molecule has 2 aliphatic heterocycles. The molecule has 2 aromatic heterocycles. The van der Waals surface area contributed by atoms with E-state index >= 15 is 0 Å². The smallest absolute Gasteiger partial charge is 0.287 e. The second-order valence-electron chi connectivity index (χ2n) is 9.50. The van der Waals surface area contributed by atoms with Gasteiger partial charge in [-0.3, -0.25) is 4.79 Å². The Bertz CT molecular complexity index is 1680. The van der Waals surface area contributed by atoms with Gasteiger partial charge in [0.05, 0.1) is 33.7 Å². The molecule has 4 atom stereocenters. The summed E-state index contributed by atoms with van der Waals surface area (Å²) in [4.78, 5) is 18.0. The number of aryl methyl sites for hydroxylation is 1. The molecule has 6 rings (SSSR count). The Morgan fingerprint density at radius 3 is 2.87 bits per heavy atom. The highest BCUT2D eigenvalue weighted by molar-refractivity contribution is 7.93. The number of nitrogens with zero attached hydrogens (tertiary/aromatic N) is 4. The molecule has 0 spiro atoms. The van der Waals surface area contributed by atoms with Gasteiger partial charge in [0.25, 0.3) is 5.91 Å². The van der Waals surface area contributed by atoms with Crippen molar-refractivity contribution in [3.05, 3.63) is 78.0 Å². The van der Waals surface area contributed by atoms with E-state index in [0.717, 1.165) is 6.42 Å². The third-order valence-electron chi connectivity index (χ3n) is 6.89. The molecule has 10 nitrogen and oxygen atoms in total. The molecule has 39 heavy (non-hydrogen) atoms. The van der Waals surface area contributed by atoms with E-state index in [2.05, 4.69) is 19.8 Å². The number of amides is 1. The standard InChI is InChI=1S/C27H26FN5O5S/c1-16-19(27(34)32-39(2,35)18-6-4-3-5-7-18)13-33-24(16)26(29-15-30-33)31-20-9-8-17(28)12-22(20)38-23-14-37-21-10-11-36-25(21)23/h3-9,12-13,15,21,23,25H,10-11,14H2,1-2H3,(H,29,30,31)/t21-,23-,25+,39?/m1/s1. The lowest BCUT2D eigenvalue weighted by Crippen LogP contribution is -2.32. The average molecular weight is 552 g/mol. The van der Waals surface area contributed by atoms with Crippen LogP contribution in [0.4, 0.5) is 15.9 Å². The minimum Gasteiger partial charge on any atom is -0.483 e. The van der Waals surface area contributed by atoms with E-state index in [1.54, 1.807) is 43.3 Å². The van der Waals surface area contributed by atoms with Crippen LogP contribution >= 0.6 is 0 Å². The van der Waals surface area contributed by atoms with Crippen molar-refractivity contribution in [3.8, 4) is 5.75 Å². The molecule has 1 N–H and O–H groups in total. The van der Waals surface area contributed by atoms with Gasteiger partial charge in [0, 0.05) is 30.0 Å². The zero-order valence-electron chi connectivity index (χ0n) is 21.2. The second kappa shape index (κ2) is 10.0. The zero-order valence-corrected chi connectivity index (χ0v) is 22.1. The van der Waals surface area contributed by atoms with Crippen LogP contribution in [0.5, 0.6) is 5.75 Å². The molecule has 1 unspecified atom stereocenters. The van der Waals surface area contributed by atoms with Crippen molar-refractivity contribution in [2.45, 2.75) is 36.6 Å². The number of carbonyl (C=O) groups excluding carboxylic acids is 1. The monoisotopic (exact) mass is 551 g/mol. The molecule has 2 aromatic carbocycles. The van der Waals surface area contributed by atoms with Crippen LogP contribution < -0.4 is 10.1 Å². The van der Waals surface area contributed by atoms with Crippen LogP contribution in [-0.4, -0.2) is 62.5 Å². The first-order valence-corrected chi connectivity index (χ1v) is 14.3. The minimum atomic E-state index is -2.96. The minimum absolute atomic E-state index is 0.0223. The molecule has 12 heteroatoms. The SMILES string of the molecule is Cc1c(C(=O)N=S(C)(=O)c2ccccc2)cn2ncnc(Nc3ccc(F)cc3O[C@@H]3CO[C@@H]4CCO[C@@H]43)c12. The van der Waals surface area contributed by atoms with Crippen LogP contribution in [0.2, 0.25) is 0 Å². The van der Waals surface area contributed by atoms with Crippen LogP contribution in [0.15, 0.2) is 70.3 Å². The summed E-state index contributed by atoms with van der Waals surface area (Å²) in [5.41, 5.74) is 1.77. The van der Waals surface area contributed by atoms with Crippen LogP contribution in [0.25, 0.3) is 5.52 Å². The fourth-order valence-corrected chi connectivity index (χ4v) is 6.10. The number of benzene rings is 2. The summed E-state index contributed by atoms with van der Waals surface area (Å²) in [6, 6.07) is 12.8. The fraction of sp³-hybridized carbons (Fsp3) is 0.296. The third-order valence-corrected chi connectivity index (χ3v) is 8.55. The van der Waals surface area contributed by atoms with Gasteiger partial charge in [-0.2, -0.15) is 9.46 Å². The van der Waals surface area contributed by atoms with Crippen LogP contribution in [0.1, 0.15) is 22.3 Å². The maximum Gasteiger partial charge on any atom is 0.287 e. The van der Waals surface area contributed by atoms with Gasteiger partial charge in [-0.15, -0.1) is 0 Å². The molecular weight excluding hydrogens is 525 g/mol. The Hall–Kier alpha value is -3.87. The lowest BCUT2D eigenvalue weighted by molar-refractivity contribution is 0.0310. The van der Waals surface area contributed by atoms with Crippen molar-refractivity contribution in [1.82, 2.24) is 14.6 Å². The van der Waals surface area contributed by atoms with Gasteiger partial charge in [-0.25, -0.2) is 18.1 Å². The quantitative estimate of drug-likeness (QED) is 0.380. The number of hydrogen-bond acceptors (Lipinski definition) is 8. The number of fused-ring (bicyclic) bond motifs is 2. The summed E-state index contributed by atoms with van der Waals surface area (Å²) in [6.07, 6.45) is 4.49. The van der Waals surface area contributed by atoms with E-state index in [-0.39, 0.29) is 29.6 Å². The molecule has 4 heterocycles. The van der Waals surface area contributed by atoms with Gasteiger partial charge in [0.1, 0.15) is 29.5 Å². The lowest BCUT2D eigenvalue weighted by Gasteiger charge is -2.20. The maximum absolute atomic E-state index is 14.2. The summed E-state index contributed by atoms with van der Waals surface area (Å²) in [7, 11) is -2.96.